The standard InChI is InChI=1S/C11H11N3O/c1-2-10-11(13-5-4-12-10)14-9(1)8-3-6-15-7-8/h1-2,4-5,8H,3,6-7H2. The Labute approximate surface area is 87.3 Å². The van der Waals surface area contributed by atoms with Crippen LogP contribution < -0.4 is 0 Å². The average Bonchev–Trinajstić information content (AvgIpc) is 2.82. The van der Waals surface area contributed by atoms with Crippen molar-refractivity contribution in [3.05, 3.63) is 30.2 Å². The van der Waals surface area contributed by atoms with Crippen LogP contribution in [0.15, 0.2) is 24.5 Å². The van der Waals surface area contributed by atoms with Gasteiger partial charge in [0.15, 0.2) is 5.65 Å². The molecule has 0 aliphatic carbocycles. The summed E-state index contributed by atoms with van der Waals surface area (Å²) in [7, 11) is 0. The number of fused-ring (bicyclic) bond motifs is 1. The Hall–Kier alpha value is -1.55. The topological polar surface area (TPSA) is 47.9 Å². The predicted molar refractivity (Wildman–Crippen MR) is 55.5 cm³/mol. The summed E-state index contributed by atoms with van der Waals surface area (Å²) < 4.78 is 5.35. The molecule has 15 heavy (non-hydrogen) atoms. The number of ether oxygens (including phenoxy) is 1. The van der Waals surface area contributed by atoms with Gasteiger partial charge in [-0.25, -0.2) is 9.97 Å². The van der Waals surface area contributed by atoms with Crippen LogP contribution in [0.25, 0.3) is 11.2 Å². The number of hydrogen-bond donors (Lipinski definition) is 0. The average molecular weight is 201 g/mol. The molecule has 3 heterocycles. The number of nitrogens with zero attached hydrogens (tertiary/aromatic N) is 3. The first-order chi connectivity index (χ1) is 7.43. The van der Waals surface area contributed by atoms with E-state index in [4.69, 9.17) is 4.74 Å². The van der Waals surface area contributed by atoms with Crippen LogP contribution in [0, 0.1) is 0 Å². The molecule has 0 radical (unpaired) electrons. The van der Waals surface area contributed by atoms with Crippen LogP contribution in [0.5, 0.6) is 0 Å². The molecule has 0 saturated carbocycles. The summed E-state index contributed by atoms with van der Waals surface area (Å²) in [6.45, 7) is 1.61. The molecular formula is C11H11N3O. The van der Waals surface area contributed by atoms with E-state index in [1.165, 1.54) is 0 Å². The van der Waals surface area contributed by atoms with Gasteiger partial charge in [0.2, 0.25) is 0 Å². The molecule has 3 rings (SSSR count). The van der Waals surface area contributed by atoms with E-state index in [1.54, 1.807) is 12.4 Å². The maximum absolute atomic E-state index is 5.35. The summed E-state index contributed by atoms with van der Waals surface area (Å²) in [5, 5.41) is 0. The quantitative estimate of drug-likeness (QED) is 0.702. The zero-order valence-corrected chi connectivity index (χ0v) is 8.26. The fraction of sp³-hybridized carbons (Fsp3) is 0.364. The monoisotopic (exact) mass is 201 g/mol. The number of rotatable bonds is 1. The van der Waals surface area contributed by atoms with Gasteiger partial charge in [0.1, 0.15) is 5.52 Å². The Morgan fingerprint density at radius 2 is 2.13 bits per heavy atom. The maximum atomic E-state index is 5.35. The highest BCUT2D eigenvalue weighted by Gasteiger charge is 2.19. The van der Waals surface area contributed by atoms with Crippen molar-refractivity contribution in [3.63, 3.8) is 0 Å². The van der Waals surface area contributed by atoms with Crippen molar-refractivity contribution < 1.29 is 4.74 Å². The molecular weight excluding hydrogens is 190 g/mol. The number of hydrogen-bond acceptors (Lipinski definition) is 4. The lowest BCUT2D eigenvalue weighted by molar-refractivity contribution is 0.193. The summed E-state index contributed by atoms with van der Waals surface area (Å²) in [4.78, 5) is 12.9. The van der Waals surface area contributed by atoms with E-state index >= 15 is 0 Å². The lowest BCUT2D eigenvalue weighted by atomic mass is 10.0. The summed E-state index contributed by atoms with van der Waals surface area (Å²) in [6.07, 6.45) is 4.41. The lowest BCUT2D eigenvalue weighted by Gasteiger charge is -2.06. The molecule has 1 aliphatic heterocycles. The van der Waals surface area contributed by atoms with E-state index < -0.39 is 0 Å². The third-order valence-corrected chi connectivity index (χ3v) is 2.70. The molecule has 1 atom stereocenters. The second-order valence-corrected chi connectivity index (χ2v) is 3.70. The Bertz CT molecular complexity index is 480. The van der Waals surface area contributed by atoms with Gasteiger partial charge in [0, 0.05) is 30.6 Å². The van der Waals surface area contributed by atoms with Gasteiger partial charge in [0.25, 0.3) is 0 Å². The minimum absolute atomic E-state index is 0.427. The molecule has 0 N–H and O–H groups in total. The van der Waals surface area contributed by atoms with Crippen LogP contribution in [0.4, 0.5) is 0 Å². The molecule has 1 fully saturated rings. The van der Waals surface area contributed by atoms with E-state index in [2.05, 4.69) is 15.0 Å². The lowest BCUT2D eigenvalue weighted by Crippen LogP contribution is -2.01. The van der Waals surface area contributed by atoms with Crippen molar-refractivity contribution in [3.8, 4) is 0 Å². The molecule has 0 amide bonds. The molecule has 4 nitrogen and oxygen atoms in total. The molecule has 4 heteroatoms. The van der Waals surface area contributed by atoms with Gasteiger partial charge in [-0.05, 0) is 18.6 Å². The highest BCUT2D eigenvalue weighted by atomic mass is 16.5. The van der Waals surface area contributed by atoms with Gasteiger partial charge in [-0.2, -0.15) is 0 Å². The van der Waals surface area contributed by atoms with Gasteiger partial charge in [-0.15, -0.1) is 0 Å². The first-order valence-corrected chi connectivity index (χ1v) is 5.09. The molecule has 2 aromatic rings. The van der Waals surface area contributed by atoms with Crippen LogP contribution >= 0.6 is 0 Å². The van der Waals surface area contributed by atoms with Crippen molar-refractivity contribution in [2.45, 2.75) is 12.3 Å². The highest BCUT2D eigenvalue weighted by molar-refractivity contribution is 5.68. The number of aromatic nitrogens is 3. The molecule has 0 spiro atoms. The third-order valence-electron chi connectivity index (χ3n) is 2.70. The summed E-state index contributed by atoms with van der Waals surface area (Å²) in [5.41, 5.74) is 2.64. The Morgan fingerprint density at radius 1 is 1.20 bits per heavy atom. The normalized spacial score (nSPS) is 20.9. The second-order valence-electron chi connectivity index (χ2n) is 3.70. The predicted octanol–water partition coefficient (Wildman–Crippen LogP) is 1.53. The zero-order valence-electron chi connectivity index (χ0n) is 8.26. The van der Waals surface area contributed by atoms with Crippen LogP contribution in [-0.2, 0) is 4.74 Å². The smallest absolute Gasteiger partial charge is 0.178 e. The second kappa shape index (κ2) is 3.55. The maximum Gasteiger partial charge on any atom is 0.178 e. The minimum Gasteiger partial charge on any atom is -0.381 e. The van der Waals surface area contributed by atoms with E-state index in [9.17, 15) is 0 Å². The van der Waals surface area contributed by atoms with Gasteiger partial charge in [-0.3, -0.25) is 4.98 Å². The fourth-order valence-corrected chi connectivity index (χ4v) is 1.86. The first kappa shape index (κ1) is 8.73. The van der Waals surface area contributed by atoms with Crippen molar-refractivity contribution >= 4 is 11.2 Å². The largest absolute Gasteiger partial charge is 0.381 e. The van der Waals surface area contributed by atoms with Crippen molar-refractivity contribution in [2.75, 3.05) is 13.2 Å². The summed E-state index contributed by atoms with van der Waals surface area (Å²) in [5.74, 6) is 0.427. The van der Waals surface area contributed by atoms with E-state index in [-0.39, 0.29) is 0 Å². The van der Waals surface area contributed by atoms with Crippen LogP contribution in [0.2, 0.25) is 0 Å². The van der Waals surface area contributed by atoms with Crippen LogP contribution in [0.3, 0.4) is 0 Å². The molecule has 76 valence electrons. The summed E-state index contributed by atoms with van der Waals surface area (Å²) >= 11 is 0. The third kappa shape index (κ3) is 1.57. The van der Waals surface area contributed by atoms with Crippen molar-refractivity contribution in [1.29, 1.82) is 0 Å². The molecule has 1 saturated heterocycles. The van der Waals surface area contributed by atoms with Crippen molar-refractivity contribution in [2.24, 2.45) is 0 Å². The Morgan fingerprint density at radius 3 is 3.00 bits per heavy atom. The van der Waals surface area contributed by atoms with E-state index in [0.29, 0.717) is 5.92 Å². The molecule has 1 unspecified atom stereocenters. The SMILES string of the molecule is c1cnc2nc(C3CCOC3)ccc2n1. The summed E-state index contributed by atoms with van der Waals surface area (Å²) in [6, 6.07) is 4.00. The molecule has 1 aliphatic rings. The van der Waals surface area contributed by atoms with Gasteiger partial charge in [-0.1, -0.05) is 0 Å². The van der Waals surface area contributed by atoms with E-state index in [1.807, 2.05) is 12.1 Å². The van der Waals surface area contributed by atoms with Crippen molar-refractivity contribution in [1.82, 2.24) is 15.0 Å². The first-order valence-electron chi connectivity index (χ1n) is 5.09. The van der Waals surface area contributed by atoms with Crippen LogP contribution in [-0.4, -0.2) is 28.2 Å². The molecule has 0 aromatic carbocycles. The minimum atomic E-state index is 0.427. The van der Waals surface area contributed by atoms with Crippen LogP contribution in [0.1, 0.15) is 18.0 Å². The highest BCUT2D eigenvalue weighted by Crippen LogP contribution is 2.24. The van der Waals surface area contributed by atoms with Gasteiger partial charge >= 0.3 is 0 Å². The Kier molecular flexibility index (Phi) is 2.07. The Balaban J connectivity index is 2.05. The molecule has 0 bridgehead atoms. The number of pyridine rings is 1. The van der Waals surface area contributed by atoms with Gasteiger partial charge in [0.05, 0.1) is 6.61 Å². The fourth-order valence-electron chi connectivity index (χ4n) is 1.86. The van der Waals surface area contributed by atoms with E-state index in [0.717, 1.165) is 36.5 Å². The van der Waals surface area contributed by atoms with Gasteiger partial charge < -0.3 is 4.74 Å². The zero-order chi connectivity index (χ0) is 10.1. The molecule has 2 aromatic heterocycles.